The Labute approximate surface area is 187 Å². The third-order valence-corrected chi connectivity index (χ3v) is 6.60. The molecule has 0 radical (unpaired) electrons. The Morgan fingerprint density at radius 2 is 2.06 bits per heavy atom. The number of ether oxygens (including phenoxy) is 1. The maximum atomic E-state index is 13.9. The van der Waals surface area contributed by atoms with Crippen molar-refractivity contribution in [1.82, 2.24) is 14.9 Å². The molecule has 11 heteroatoms. The first-order chi connectivity index (χ1) is 15.8. The van der Waals surface area contributed by atoms with Gasteiger partial charge in [-0.25, -0.2) is 8.78 Å². The number of benzene rings is 1. The van der Waals surface area contributed by atoms with Gasteiger partial charge in [0.1, 0.15) is 23.4 Å². The van der Waals surface area contributed by atoms with Crippen molar-refractivity contribution < 1.29 is 28.2 Å². The summed E-state index contributed by atoms with van der Waals surface area (Å²) in [5.41, 5.74) is -1.56. The van der Waals surface area contributed by atoms with Crippen LogP contribution in [0.2, 0.25) is 0 Å². The van der Waals surface area contributed by atoms with Crippen LogP contribution in [0.3, 0.4) is 0 Å². The molecule has 174 valence electrons. The van der Waals surface area contributed by atoms with E-state index in [1.165, 1.54) is 16.9 Å². The Morgan fingerprint density at radius 1 is 1.27 bits per heavy atom. The Hall–Kier alpha value is -3.47. The molecular weight excluding hydrogens is 438 g/mol. The molecule has 2 aromatic rings. The van der Waals surface area contributed by atoms with Crippen molar-refractivity contribution in [2.75, 3.05) is 24.8 Å². The quantitative estimate of drug-likeness (QED) is 0.704. The topological polar surface area (TPSA) is 104 Å². The van der Waals surface area contributed by atoms with Crippen molar-refractivity contribution in [1.29, 1.82) is 0 Å². The van der Waals surface area contributed by atoms with Crippen LogP contribution in [0, 0.1) is 17.6 Å². The highest BCUT2D eigenvalue weighted by atomic mass is 19.1. The predicted octanol–water partition coefficient (Wildman–Crippen LogP) is 0.921. The minimum absolute atomic E-state index is 0.0337. The lowest BCUT2D eigenvalue weighted by Crippen LogP contribution is -2.61. The Kier molecular flexibility index (Phi) is 5.08. The van der Waals surface area contributed by atoms with Crippen LogP contribution in [-0.2, 0) is 11.3 Å². The number of aromatic hydroxyl groups is 1. The highest BCUT2D eigenvalue weighted by molar-refractivity contribution is 5.99. The second kappa shape index (κ2) is 7.84. The van der Waals surface area contributed by atoms with E-state index in [0.29, 0.717) is 32.2 Å². The number of hydrogen-bond acceptors (Lipinski definition) is 6. The summed E-state index contributed by atoms with van der Waals surface area (Å²) in [7, 11) is 0. The van der Waals surface area contributed by atoms with Crippen LogP contribution in [0.5, 0.6) is 5.75 Å². The Morgan fingerprint density at radius 3 is 2.79 bits per heavy atom. The molecule has 1 aromatic carbocycles. The van der Waals surface area contributed by atoms with Gasteiger partial charge in [0.05, 0.1) is 19.3 Å². The first-order valence-electron chi connectivity index (χ1n) is 10.7. The monoisotopic (exact) mass is 460 g/mol. The molecule has 3 aliphatic rings. The predicted molar refractivity (Wildman–Crippen MR) is 111 cm³/mol. The number of halogens is 2. The highest BCUT2D eigenvalue weighted by Gasteiger charge is 2.52. The van der Waals surface area contributed by atoms with Crippen molar-refractivity contribution in [2.45, 2.75) is 32.1 Å². The minimum atomic E-state index is -1.00. The summed E-state index contributed by atoms with van der Waals surface area (Å²) in [6, 6.07) is 2.86. The maximum Gasteiger partial charge on any atom is 0.278 e. The number of amides is 2. The van der Waals surface area contributed by atoms with Gasteiger partial charge in [-0.05, 0) is 19.4 Å². The van der Waals surface area contributed by atoms with Gasteiger partial charge in [-0.3, -0.25) is 24.1 Å². The first-order valence-corrected chi connectivity index (χ1v) is 10.7. The molecular formula is C22H22F2N4O5. The fourth-order valence-corrected chi connectivity index (χ4v) is 4.97. The second-order valence-electron chi connectivity index (χ2n) is 8.38. The zero-order valence-corrected chi connectivity index (χ0v) is 17.8. The Balaban J connectivity index is 1.52. The van der Waals surface area contributed by atoms with Gasteiger partial charge in [-0.1, -0.05) is 6.07 Å². The molecule has 0 spiro atoms. The molecule has 9 nitrogen and oxygen atoms in total. The van der Waals surface area contributed by atoms with Crippen molar-refractivity contribution in [3.8, 4) is 5.75 Å². The number of nitrogens with zero attached hydrogens (tertiary/aromatic N) is 3. The van der Waals surface area contributed by atoms with E-state index in [9.17, 15) is 28.3 Å². The van der Waals surface area contributed by atoms with E-state index >= 15 is 0 Å². The number of pyridine rings is 1. The Bertz CT molecular complexity index is 1220. The number of nitrogens with one attached hydrogen (secondary N) is 1. The molecule has 2 saturated heterocycles. The third-order valence-electron chi connectivity index (χ3n) is 6.60. The van der Waals surface area contributed by atoms with Crippen molar-refractivity contribution >= 4 is 11.8 Å². The highest BCUT2D eigenvalue weighted by Crippen LogP contribution is 2.39. The maximum absolute atomic E-state index is 13.9. The van der Waals surface area contributed by atoms with Crippen LogP contribution < -0.4 is 15.8 Å². The van der Waals surface area contributed by atoms with E-state index in [-0.39, 0.29) is 35.9 Å². The van der Waals surface area contributed by atoms with E-state index in [2.05, 4.69) is 5.32 Å². The fraction of sp³-hybridized carbons (Fsp3) is 0.409. The normalized spacial score (nSPS) is 23.4. The SMILES string of the molecule is CCN1C(=O)c2c(O)c(=O)c(C(=O)NCc3ccc(F)cc3F)cn2N2[C@H]3COC[C@H]3C[C@@H]12. The summed E-state index contributed by atoms with van der Waals surface area (Å²) in [6.07, 6.45) is 1.62. The number of carbonyl (C=O) groups is 2. The molecule has 0 saturated carbocycles. The number of hydrogen-bond donors (Lipinski definition) is 2. The van der Waals surface area contributed by atoms with Crippen molar-refractivity contribution in [3.05, 3.63) is 63.1 Å². The molecule has 1 aromatic heterocycles. The largest absolute Gasteiger partial charge is 0.502 e. The van der Waals surface area contributed by atoms with E-state index < -0.39 is 40.2 Å². The smallest absolute Gasteiger partial charge is 0.278 e. The van der Waals surface area contributed by atoms with Crippen molar-refractivity contribution in [3.63, 3.8) is 0 Å². The molecule has 2 amide bonds. The first kappa shape index (κ1) is 21.4. The van der Waals surface area contributed by atoms with Gasteiger partial charge in [0, 0.05) is 36.8 Å². The van der Waals surface area contributed by atoms with Crippen LogP contribution in [0.1, 0.15) is 39.8 Å². The van der Waals surface area contributed by atoms with Crippen LogP contribution in [-0.4, -0.2) is 58.5 Å². The number of carbonyl (C=O) groups excluding carboxylic acids is 2. The lowest BCUT2D eigenvalue weighted by atomic mass is 10.0. The van der Waals surface area contributed by atoms with E-state index in [1.807, 2.05) is 11.9 Å². The minimum Gasteiger partial charge on any atom is -0.502 e. The van der Waals surface area contributed by atoms with Gasteiger partial charge in [-0.15, -0.1) is 0 Å². The van der Waals surface area contributed by atoms with Crippen LogP contribution >= 0.6 is 0 Å². The molecule has 0 unspecified atom stereocenters. The third kappa shape index (κ3) is 3.26. The van der Waals surface area contributed by atoms with Gasteiger partial charge in [0.15, 0.2) is 11.4 Å². The van der Waals surface area contributed by atoms with Crippen molar-refractivity contribution in [2.24, 2.45) is 5.92 Å². The van der Waals surface area contributed by atoms with E-state index in [0.717, 1.165) is 6.07 Å². The van der Waals surface area contributed by atoms with Gasteiger partial charge < -0.3 is 20.1 Å². The average molecular weight is 460 g/mol. The summed E-state index contributed by atoms with van der Waals surface area (Å²) in [4.78, 5) is 40.3. The van der Waals surface area contributed by atoms with Gasteiger partial charge in [0.25, 0.3) is 11.8 Å². The van der Waals surface area contributed by atoms with E-state index in [4.69, 9.17) is 4.74 Å². The molecule has 2 N–H and O–H groups in total. The van der Waals surface area contributed by atoms with Crippen LogP contribution in [0.25, 0.3) is 0 Å². The van der Waals surface area contributed by atoms with Crippen LogP contribution in [0.4, 0.5) is 8.78 Å². The number of rotatable bonds is 4. The van der Waals surface area contributed by atoms with E-state index in [1.54, 1.807) is 4.90 Å². The lowest BCUT2D eigenvalue weighted by Gasteiger charge is -2.44. The molecule has 0 aliphatic carbocycles. The molecule has 2 fully saturated rings. The van der Waals surface area contributed by atoms with Gasteiger partial charge in [0.2, 0.25) is 5.43 Å². The molecule has 5 rings (SSSR count). The zero-order chi connectivity index (χ0) is 23.4. The summed E-state index contributed by atoms with van der Waals surface area (Å²) < 4.78 is 34.0. The molecule has 3 aliphatic heterocycles. The van der Waals surface area contributed by atoms with Gasteiger partial charge >= 0.3 is 0 Å². The summed E-state index contributed by atoms with van der Waals surface area (Å²) in [6.45, 7) is 2.88. The summed E-state index contributed by atoms with van der Waals surface area (Å²) in [5.74, 6) is -3.58. The second-order valence-corrected chi connectivity index (χ2v) is 8.38. The summed E-state index contributed by atoms with van der Waals surface area (Å²) >= 11 is 0. The molecule has 0 bridgehead atoms. The fourth-order valence-electron chi connectivity index (χ4n) is 4.97. The summed E-state index contributed by atoms with van der Waals surface area (Å²) in [5, 5.41) is 15.0. The number of aromatic nitrogens is 1. The van der Waals surface area contributed by atoms with Crippen LogP contribution in [0.15, 0.2) is 29.2 Å². The average Bonchev–Trinajstić information content (AvgIpc) is 3.36. The molecule has 4 heterocycles. The molecule has 3 atom stereocenters. The van der Waals surface area contributed by atoms with Gasteiger partial charge in [-0.2, -0.15) is 0 Å². The number of fused-ring (bicyclic) bond motifs is 5. The molecule has 33 heavy (non-hydrogen) atoms. The standard InChI is InChI=1S/C22H22F2N4O5/c1-2-26-17-5-12-9-33-10-16(12)28(17)27-8-14(19(29)20(30)18(27)22(26)32)21(31)25-7-11-3-4-13(23)6-15(11)24/h3-4,6,8,12,16-17,30H,2,5,7,9-10H2,1H3,(H,25,31)/t12-,16+,17+/m1/s1. The zero-order valence-electron chi connectivity index (χ0n) is 17.8. The lowest BCUT2D eigenvalue weighted by molar-refractivity contribution is 0.0568.